The van der Waals surface area contributed by atoms with Crippen LogP contribution in [0.25, 0.3) is 0 Å². The predicted molar refractivity (Wildman–Crippen MR) is 37.7 cm³/mol. The van der Waals surface area contributed by atoms with Gasteiger partial charge >= 0.3 is 0 Å². The molecule has 0 aliphatic carbocycles. The Hall–Kier alpha value is -1.18. The maximum Gasteiger partial charge on any atom is -0.0203 e. The Kier molecular flexibility index (Phi) is 21.1. The summed E-state index contributed by atoms with van der Waals surface area (Å²) in [5.41, 5.74) is 7.08. The molecule has 0 spiro atoms. The first kappa shape index (κ1) is 9.94. The van der Waals surface area contributed by atoms with Gasteiger partial charge in [0.2, 0.25) is 0 Å². The van der Waals surface area contributed by atoms with Crippen molar-refractivity contribution in [1.29, 1.82) is 0 Å². The summed E-state index contributed by atoms with van der Waals surface area (Å²) in [6.45, 7) is 11.7. The number of allylic oxidation sites excluding steroid dienone is 1. The lowest BCUT2D eigenvalue weighted by atomic mass is 10.8. The highest BCUT2D eigenvalue weighted by molar-refractivity contribution is 4.74. The van der Waals surface area contributed by atoms with Crippen molar-refractivity contribution in [3.8, 4) is 0 Å². The first-order valence-electron chi connectivity index (χ1n) is 2.19. The van der Waals surface area contributed by atoms with Gasteiger partial charge in [0.1, 0.15) is 0 Å². The molecule has 0 N–H and O–H groups in total. The summed E-state index contributed by atoms with van der Waals surface area (Å²) in [4.78, 5) is 0. The molecule has 0 nitrogen and oxygen atoms in total. The van der Waals surface area contributed by atoms with Crippen molar-refractivity contribution in [2.45, 2.75) is 6.92 Å². The molecule has 0 radical (unpaired) electrons. The lowest BCUT2D eigenvalue weighted by molar-refractivity contribution is 1.80. The highest BCUT2D eigenvalue weighted by atomic mass is 13.2. The molecule has 0 bridgehead atoms. The lowest BCUT2D eigenvalue weighted by Crippen LogP contribution is -1.07. The molecule has 0 aromatic rings. The molecule has 0 saturated heterocycles. The van der Waals surface area contributed by atoms with Crippen molar-refractivity contribution in [2.75, 3.05) is 0 Å². The van der Waals surface area contributed by atoms with Crippen LogP contribution in [0.4, 0.5) is 0 Å². The molecule has 0 heteroatoms. The SMILES string of the molecule is C=C=C=C=C.C=CC. The second-order valence-corrected chi connectivity index (χ2v) is 0.887. The van der Waals surface area contributed by atoms with Gasteiger partial charge in [-0.05, 0) is 25.8 Å². The smallest absolute Gasteiger partial charge is 0.0203 e. The van der Waals surface area contributed by atoms with E-state index in [-0.39, 0.29) is 0 Å². The first-order valence-corrected chi connectivity index (χ1v) is 2.19. The van der Waals surface area contributed by atoms with Gasteiger partial charge in [-0.25, -0.2) is 0 Å². The Labute approximate surface area is 50.9 Å². The molecule has 0 atom stereocenters. The third kappa shape index (κ3) is 105. The van der Waals surface area contributed by atoms with Crippen LogP contribution in [0.1, 0.15) is 6.92 Å². The second-order valence-electron chi connectivity index (χ2n) is 0.887. The maximum atomic E-state index is 3.36. The van der Waals surface area contributed by atoms with E-state index in [1.165, 1.54) is 0 Å². The van der Waals surface area contributed by atoms with Crippen molar-refractivity contribution in [3.63, 3.8) is 0 Å². The van der Waals surface area contributed by atoms with Crippen LogP contribution in [-0.2, 0) is 0 Å². The Morgan fingerprint density at radius 1 is 1.25 bits per heavy atom. The Morgan fingerprint density at radius 3 is 1.50 bits per heavy atom. The van der Waals surface area contributed by atoms with Crippen molar-refractivity contribution in [3.05, 3.63) is 43.0 Å². The van der Waals surface area contributed by atoms with Gasteiger partial charge in [-0.3, -0.25) is 0 Å². The summed E-state index contributed by atoms with van der Waals surface area (Å²) >= 11 is 0. The van der Waals surface area contributed by atoms with E-state index in [4.69, 9.17) is 0 Å². The summed E-state index contributed by atoms with van der Waals surface area (Å²) in [5, 5.41) is 0. The monoisotopic (exact) mass is 106 g/mol. The molecule has 0 rings (SSSR count). The van der Waals surface area contributed by atoms with Gasteiger partial charge in [-0.15, -0.1) is 6.58 Å². The number of rotatable bonds is 0. The summed E-state index contributed by atoms with van der Waals surface area (Å²) in [6.07, 6.45) is 1.75. The predicted octanol–water partition coefficient (Wildman–Crippen LogP) is 2.46. The minimum atomic E-state index is 1.75. The summed E-state index contributed by atoms with van der Waals surface area (Å²) in [6, 6.07) is 0. The van der Waals surface area contributed by atoms with E-state index in [0.29, 0.717) is 0 Å². The van der Waals surface area contributed by atoms with Crippen LogP contribution in [0, 0.1) is 0 Å². The molecule has 0 saturated carbocycles. The highest BCUT2D eigenvalue weighted by Gasteiger charge is 1.18. The standard InChI is InChI=1S/C5H4.C3H6/c1-3-5-4-2;1-3-2/h1-2H2;3H,1H2,2H3. The fraction of sp³-hybridized carbons (Fsp3) is 0.125. The Balaban J connectivity index is 0. The normalized spacial score (nSPS) is 3.62. The second kappa shape index (κ2) is 17.0. The number of hydrogen-bond donors (Lipinski definition) is 0. The molecule has 0 aromatic heterocycles. The van der Waals surface area contributed by atoms with Crippen LogP contribution in [0.5, 0.6) is 0 Å². The van der Waals surface area contributed by atoms with E-state index in [9.17, 15) is 0 Å². The molecular weight excluding hydrogens is 96.1 g/mol. The van der Waals surface area contributed by atoms with Crippen LogP contribution >= 0.6 is 0 Å². The van der Waals surface area contributed by atoms with Gasteiger partial charge in [0.15, 0.2) is 0 Å². The largest absolute Gasteiger partial charge is 0.103 e. The van der Waals surface area contributed by atoms with E-state index in [0.717, 1.165) is 0 Å². The van der Waals surface area contributed by atoms with Crippen LogP contribution in [0.15, 0.2) is 43.0 Å². The quantitative estimate of drug-likeness (QED) is 0.328. The van der Waals surface area contributed by atoms with Crippen molar-refractivity contribution < 1.29 is 0 Å². The third-order valence-corrected chi connectivity index (χ3v) is 0.177. The summed E-state index contributed by atoms with van der Waals surface area (Å²) in [5.74, 6) is 0. The Morgan fingerprint density at radius 2 is 1.50 bits per heavy atom. The molecule has 42 valence electrons. The minimum absolute atomic E-state index is 1.75. The van der Waals surface area contributed by atoms with E-state index < -0.39 is 0 Å². The molecule has 0 fully saturated rings. The van der Waals surface area contributed by atoms with Gasteiger partial charge in [0, 0.05) is 0 Å². The average Bonchev–Trinajstić information content (AvgIpc) is 1.71. The van der Waals surface area contributed by atoms with E-state index in [1.54, 1.807) is 6.08 Å². The molecular formula is C8H10. The zero-order valence-corrected chi connectivity index (χ0v) is 5.20. The third-order valence-electron chi connectivity index (χ3n) is 0.177. The summed E-state index contributed by atoms with van der Waals surface area (Å²) in [7, 11) is 0. The van der Waals surface area contributed by atoms with Crippen LogP contribution in [0.3, 0.4) is 0 Å². The van der Waals surface area contributed by atoms with Crippen LogP contribution in [-0.4, -0.2) is 0 Å². The topological polar surface area (TPSA) is 0 Å². The first-order chi connectivity index (χ1) is 3.83. The van der Waals surface area contributed by atoms with E-state index >= 15 is 0 Å². The van der Waals surface area contributed by atoms with E-state index in [2.05, 4.69) is 36.9 Å². The molecule has 0 heterocycles. The van der Waals surface area contributed by atoms with Gasteiger partial charge < -0.3 is 0 Å². The zero-order valence-electron chi connectivity index (χ0n) is 5.20. The molecule has 0 unspecified atom stereocenters. The molecule has 0 aliphatic heterocycles. The fourth-order valence-electron chi connectivity index (χ4n) is 0.0625. The molecule has 0 amide bonds. The number of hydrogen-bond acceptors (Lipinski definition) is 0. The van der Waals surface area contributed by atoms with Gasteiger partial charge in [-0.1, -0.05) is 17.5 Å². The van der Waals surface area contributed by atoms with Crippen molar-refractivity contribution in [2.24, 2.45) is 0 Å². The van der Waals surface area contributed by atoms with Gasteiger partial charge in [0.25, 0.3) is 0 Å². The van der Waals surface area contributed by atoms with E-state index in [1.807, 2.05) is 6.92 Å². The maximum absolute atomic E-state index is 3.36. The summed E-state index contributed by atoms with van der Waals surface area (Å²) < 4.78 is 0. The highest BCUT2D eigenvalue weighted by Crippen LogP contribution is 1.38. The van der Waals surface area contributed by atoms with Crippen molar-refractivity contribution in [1.82, 2.24) is 0 Å². The van der Waals surface area contributed by atoms with Crippen molar-refractivity contribution >= 4 is 0 Å². The van der Waals surface area contributed by atoms with Gasteiger partial charge in [0.05, 0.1) is 0 Å². The molecule has 0 aliphatic rings. The zero-order chi connectivity index (χ0) is 6.83. The average molecular weight is 106 g/mol. The van der Waals surface area contributed by atoms with Crippen LogP contribution in [0.2, 0.25) is 0 Å². The van der Waals surface area contributed by atoms with Gasteiger partial charge in [-0.2, -0.15) is 0 Å². The minimum Gasteiger partial charge on any atom is -0.103 e. The Bertz CT molecular complexity index is 123. The molecule has 8 heavy (non-hydrogen) atoms. The fourth-order valence-corrected chi connectivity index (χ4v) is 0.0625. The van der Waals surface area contributed by atoms with Crippen LogP contribution < -0.4 is 0 Å². The molecule has 0 aromatic carbocycles. The lowest BCUT2D eigenvalue weighted by Gasteiger charge is -1.31.